The molecule has 12 nitrogen and oxygen atoms in total. The van der Waals surface area contributed by atoms with Gasteiger partial charge in [-0.15, -0.1) is 0 Å². The summed E-state index contributed by atoms with van der Waals surface area (Å²) >= 11 is 0. The summed E-state index contributed by atoms with van der Waals surface area (Å²) < 4.78 is 20.4. The molecular formula is C35H41FN11OP. The summed E-state index contributed by atoms with van der Waals surface area (Å²) in [7, 11) is 2.84. The maximum atomic E-state index is 14.5. The molecule has 1 aliphatic carbocycles. The minimum Gasteiger partial charge on any atom is -0.494 e. The van der Waals surface area contributed by atoms with E-state index in [9.17, 15) is 4.39 Å². The van der Waals surface area contributed by atoms with Crippen LogP contribution in [-0.2, 0) is 0 Å². The first-order valence-electron chi connectivity index (χ1n) is 16.3. The molecule has 0 amide bonds. The number of hydrogen-bond acceptors (Lipinski definition) is 11. The van der Waals surface area contributed by atoms with Gasteiger partial charge in [0.2, 0.25) is 5.95 Å². The molecule has 14 heteroatoms. The molecule has 49 heavy (non-hydrogen) atoms. The Morgan fingerprint density at radius 2 is 1.88 bits per heavy atom. The van der Waals surface area contributed by atoms with Crippen molar-refractivity contribution in [2.75, 3.05) is 75.7 Å². The molecule has 1 saturated carbocycles. The molecule has 5 N–H and O–H groups in total. The van der Waals surface area contributed by atoms with E-state index in [0.29, 0.717) is 48.2 Å². The predicted octanol–water partition coefficient (Wildman–Crippen LogP) is 5.39. The Kier molecular flexibility index (Phi) is 9.04. The van der Waals surface area contributed by atoms with E-state index in [1.807, 2.05) is 36.5 Å². The normalized spacial score (nSPS) is 16.6. The van der Waals surface area contributed by atoms with Gasteiger partial charge in [-0.05, 0) is 50.4 Å². The molecule has 0 atom stereocenters. The van der Waals surface area contributed by atoms with Crippen LogP contribution in [0.15, 0.2) is 60.1 Å². The van der Waals surface area contributed by atoms with Crippen LogP contribution in [-0.4, -0.2) is 102 Å². The summed E-state index contributed by atoms with van der Waals surface area (Å²) in [5.41, 5.74) is 11.8. The van der Waals surface area contributed by atoms with Gasteiger partial charge >= 0.3 is 0 Å². The van der Waals surface area contributed by atoms with E-state index >= 15 is 0 Å². The summed E-state index contributed by atoms with van der Waals surface area (Å²) in [6, 6.07) is 9.97. The van der Waals surface area contributed by atoms with E-state index in [2.05, 4.69) is 53.7 Å². The molecule has 0 unspecified atom stereocenters. The Labute approximate surface area is 285 Å². The number of ether oxygens (including phenoxy) is 1. The average molecular weight is 682 g/mol. The Hall–Kier alpha value is -4.87. The third-order valence-corrected chi connectivity index (χ3v) is 10.4. The van der Waals surface area contributed by atoms with Gasteiger partial charge in [-0.2, -0.15) is 9.97 Å². The van der Waals surface area contributed by atoms with E-state index in [-0.39, 0.29) is 0 Å². The van der Waals surface area contributed by atoms with Crippen LogP contribution in [0, 0.1) is 0 Å². The van der Waals surface area contributed by atoms with Gasteiger partial charge in [0.25, 0.3) is 0 Å². The number of allylic oxidation sites excluding steroid dienone is 1. The molecule has 7 rings (SSSR count). The van der Waals surface area contributed by atoms with Crippen molar-refractivity contribution in [1.29, 1.82) is 0 Å². The number of aromatic nitrogens is 5. The molecule has 1 saturated heterocycles. The summed E-state index contributed by atoms with van der Waals surface area (Å²) in [4.78, 5) is 30.9. The molecular weight excluding hydrogens is 640 g/mol. The first-order valence-corrected chi connectivity index (χ1v) is 18.6. The SMILES string of the molecule is CN=CC(=CN)c1cc(Nc2nc(Nc3ccc4nccnc4c3P(C)C)c3cc[nH]c3n2)c(OC)cc1N1CCN(CC2(F)CC2)CC1. The number of rotatable bonds is 11. The number of H-pyrrole nitrogens is 1. The quantitative estimate of drug-likeness (QED) is 0.106. The van der Waals surface area contributed by atoms with Gasteiger partial charge in [-0.25, -0.2) is 4.39 Å². The fraction of sp³-hybridized carbons (Fsp3) is 0.343. The highest BCUT2D eigenvalue weighted by Gasteiger charge is 2.44. The average Bonchev–Trinajstić information content (AvgIpc) is 3.63. The van der Waals surface area contributed by atoms with Crippen LogP contribution in [0.3, 0.4) is 0 Å². The fourth-order valence-corrected chi connectivity index (χ4v) is 7.64. The zero-order valence-electron chi connectivity index (χ0n) is 28.2. The van der Waals surface area contributed by atoms with Gasteiger partial charge < -0.3 is 31.0 Å². The summed E-state index contributed by atoms with van der Waals surface area (Å²) in [6.07, 6.45) is 9.93. The second-order valence-corrected chi connectivity index (χ2v) is 14.9. The number of anilines is 5. The van der Waals surface area contributed by atoms with Crippen LogP contribution < -0.4 is 31.3 Å². The van der Waals surface area contributed by atoms with Crippen molar-refractivity contribution in [1.82, 2.24) is 29.8 Å². The lowest BCUT2D eigenvalue weighted by Crippen LogP contribution is -2.48. The summed E-state index contributed by atoms with van der Waals surface area (Å²) in [5.74, 6) is 1.64. The van der Waals surface area contributed by atoms with Gasteiger partial charge in [0.1, 0.15) is 22.9 Å². The van der Waals surface area contributed by atoms with Gasteiger partial charge in [0.15, 0.2) is 0 Å². The molecule has 3 aromatic heterocycles. The second kappa shape index (κ2) is 13.6. The zero-order valence-corrected chi connectivity index (χ0v) is 29.1. The van der Waals surface area contributed by atoms with Crippen LogP contribution in [0.1, 0.15) is 18.4 Å². The predicted molar refractivity (Wildman–Crippen MR) is 200 cm³/mol. The van der Waals surface area contributed by atoms with Gasteiger partial charge in [0.05, 0.1) is 29.2 Å². The van der Waals surface area contributed by atoms with E-state index in [4.69, 9.17) is 20.4 Å². The Morgan fingerprint density at radius 1 is 1.08 bits per heavy atom. The number of methoxy groups -OCH3 is 1. The largest absolute Gasteiger partial charge is 0.494 e. The first kappa shape index (κ1) is 32.7. The molecule has 254 valence electrons. The van der Waals surface area contributed by atoms with E-state index in [1.54, 1.807) is 39.0 Å². The van der Waals surface area contributed by atoms with Gasteiger partial charge in [-0.1, -0.05) is 7.92 Å². The van der Waals surface area contributed by atoms with Crippen molar-refractivity contribution in [2.45, 2.75) is 18.5 Å². The second-order valence-electron chi connectivity index (χ2n) is 12.7. The summed E-state index contributed by atoms with van der Waals surface area (Å²) in [5, 5.41) is 8.98. The van der Waals surface area contributed by atoms with Gasteiger partial charge in [-0.3, -0.25) is 19.9 Å². The van der Waals surface area contributed by atoms with Crippen LogP contribution >= 0.6 is 7.92 Å². The molecule has 0 spiro atoms. The lowest BCUT2D eigenvalue weighted by molar-refractivity contribution is 0.168. The van der Waals surface area contributed by atoms with Crippen LogP contribution in [0.4, 0.5) is 33.2 Å². The lowest BCUT2D eigenvalue weighted by atomic mass is 10.0. The molecule has 1 aliphatic heterocycles. The van der Waals surface area contributed by atoms with Crippen molar-refractivity contribution in [3.8, 4) is 5.75 Å². The van der Waals surface area contributed by atoms with Gasteiger partial charge in [0, 0.05) is 105 Å². The number of nitrogens with one attached hydrogen (secondary N) is 3. The molecule has 0 bridgehead atoms. The minimum atomic E-state index is -1.00. The molecule has 2 aromatic carbocycles. The zero-order chi connectivity index (χ0) is 34.1. The third-order valence-electron chi connectivity index (χ3n) is 9.07. The van der Waals surface area contributed by atoms with Crippen molar-refractivity contribution in [3.05, 3.63) is 60.7 Å². The van der Waals surface area contributed by atoms with Crippen molar-refractivity contribution < 1.29 is 9.13 Å². The molecule has 2 fully saturated rings. The van der Waals surface area contributed by atoms with Crippen molar-refractivity contribution in [2.24, 2.45) is 10.7 Å². The minimum absolute atomic E-state index is 0.378. The Bertz CT molecular complexity index is 2050. The standard InChI is InChI=1S/C35H41FN11OP/c1-38-20-22(19-37)24-17-27(29(48-2)18-28(24)47-15-13-46(14-16-47)21-35(36)8-9-35)43-34-44-32-23(7-10-41-32)33(45-34)42-26-6-5-25-30(31(26)49(3)4)40-12-11-39-25/h5-7,10-12,17-20H,8-9,13-16,21,37H2,1-4H3,(H3,41,42,43,44,45). The van der Waals surface area contributed by atoms with E-state index in [1.165, 1.54) is 0 Å². The van der Waals surface area contributed by atoms with Crippen LogP contribution in [0.25, 0.3) is 27.6 Å². The van der Waals surface area contributed by atoms with E-state index < -0.39 is 13.6 Å². The number of benzene rings is 2. The van der Waals surface area contributed by atoms with Crippen LogP contribution in [0.2, 0.25) is 0 Å². The Balaban J connectivity index is 1.24. The maximum absolute atomic E-state index is 14.5. The van der Waals surface area contributed by atoms with Crippen LogP contribution in [0.5, 0.6) is 5.75 Å². The number of piperazine rings is 1. The highest BCUT2D eigenvalue weighted by molar-refractivity contribution is 7.65. The topological polar surface area (TPSA) is 146 Å². The Morgan fingerprint density at radius 3 is 2.59 bits per heavy atom. The number of halogens is 1. The lowest BCUT2D eigenvalue weighted by Gasteiger charge is -2.38. The van der Waals surface area contributed by atoms with E-state index in [0.717, 1.165) is 70.4 Å². The number of aromatic amines is 1. The number of alkyl halides is 1. The number of nitrogens with zero attached hydrogens (tertiary/aromatic N) is 7. The highest BCUT2D eigenvalue weighted by Crippen LogP contribution is 2.42. The first-order chi connectivity index (χ1) is 23.8. The monoisotopic (exact) mass is 681 g/mol. The molecule has 4 heterocycles. The summed E-state index contributed by atoms with van der Waals surface area (Å²) in [6.45, 7) is 7.98. The molecule has 0 radical (unpaired) electrons. The molecule has 2 aliphatic rings. The van der Waals surface area contributed by atoms with Crippen molar-refractivity contribution >= 4 is 75.9 Å². The third kappa shape index (κ3) is 6.73. The highest BCUT2D eigenvalue weighted by atomic mass is 31.1. The number of hydrogen-bond donors (Lipinski definition) is 4. The van der Waals surface area contributed by atoms with Crippen molar-refractivity contribution in [3.63, 3.8) is 0 Å². The molecule has 5 aromatic rings. The smallest absolute Gasteiger partial charge is 0.231 e. The number of fused-ring (bicyclic) bond motifs is 2. The number of aliphatic imine (C=N–C) groups is 1. The number of nitrogens with two attached hydrogens (primary N) is 1. The fourth-order valence-electron chi connectivity index (χ4n) is 6.43. The maximum Gasteiger partial charge on any atom is 0.231 e.